The van der Waals surface area contributed by atoms with Crippen LogP contribution in [0.15, 0.2) is 0 Å². The van der Waals surface area contributed by atoms with Gasteiger partial charge in [-0.15, -0.1) is 0 Å². The van der Waals surface area contributed by atoms with E-state index in [2.05, 4.69) is 18.7 Å². The number of nitrogens with two attached hydrogens (primary N) is 1. The Morgan fingerprint density at radius 1 is 1.47 bits per heavy atom. The third kappa shape index (κ3) is 4.77. The van der Waals surface area contributed by atoms with Crippen LogP contribution in [-0.2, 0) is 9.84 Å². The number of hydrogen-bond donors (Lipinski definition) is 1. The average molecular weight is 280 g/mol. The van der Waals surface area contributed by atoms with E-state index in [-0.39, 0.29) is 11.4 Å². The molecule has 2 unspecified atom stereocenters. The average Bonchev–Trinajstić information content (AvgIpc) is 2.24. The van der Waals surface area contributed by atoms with Crippen LogP contribution < -0.4 is 5.73 Å². The predicted octanol–water partition coefficient (Wildman–Crippen LogP) is 0.779. The van der Waals surface area contributed by atoms with Crippen LogP contribution in [0.2, 0.25) is 0 Å². The van der Waals surface area contributed by atoms with Crippen molar-refractivity contribution in [1.29, 1.82) is 0 Å². The largest absolute Gasteiger partial charge is 0.327 e. The quantitative estimate of drug-likeness (QED) is 0.806. The molecule has 0 aromatic rings. The molecule has 0 aliphatic carbocycles. The smallest absolute Gasteiger partial charge is 0.164 e. The first-order valence-electron chi connectivity index (χ1n) is 6.08. The van der Waals surface area contributed by atoms with Crippen LogP contribution in [0.25, 0.3) is 0 Å². The molecule has 0 radical (unpaired) electrons. The van der Waals surface area contributed by atoms with E-state index in [1.807, 2.05) is 0 Å². The normalized spacial score (nSPS) is 25.1. The molecule has 0 saturated carbocycles. The summed E-state index contributed by atoms with van der Waals surface area (Å²) >= 11 is 1.72. The molecule has 0 aromatic heterocycles. The van der Waals surface area contributed by atoms with Gasteiger partial charge in [0.1, 0.15) is 5.37 Å². The zero-order valence-electron chi connectivity index (χ0n) is 10.9. The minimum absolute atomic E-state index is 0.157. The highest BCUT2D eigenvalue weighted by Crippen LogP contribution is 2.21. The molecule has 1 fully saturated rings. The lowest BCUT2D eigenvalue weighted by Crippen LogP contribution is -2.48. The highest BCUT2D eigenvalue weighted by molar-refractivity contribution is 8.00. The molecule has 1 aliphatic heterocycles. The fourth-order valence-corrected chi connectivity index (χ4v) is 4.89. The summed E-state index contributed by atoms with van der Waals surface area (Å²) < 4.78 is 23.4. The van der Waals surface area contributed by atoms with Gasteiger partial charge in [0.2, 0.25) is 0 Å². The molecule has 4 nitrogen and oxygen atoms in total. The van der Waals surface area contributed by atoms with E-state index in [0.29, 0.717) is 11.7 Å². The van der Waals surface area contributed by atoms with E-state index < -0.39 is 9.84 Å². The Kier molecular flexibility index (Phi) is 5.76. The number of hydrogen-bond acceptors (Lipinski definition) is 5. The second-order valence-corrected chi connectivity index (χ2v) is 8.44. The molecule has 102 valence electrons. The minimum atomic E-state index is -2.98. The van der Waals surface area contributed by atoms with Crippen LogP contribution in [0, 0.1) is 5.92 Å². The standard InChI is InChI=1S/C11H24N2O2S2/c1-9(2)10(12)4-5-13-6-7-16-8-11(13)17(3,14)15/h9-11H,4-8,12H2,1-3H3. The Morgan fingerprint density at radius 3 is 2.65 bits per heavy atom. The fourth-order valence-electron chi connectivity index (χ4n) is 1.91. The van der Waals surface area contributed by atoms with E-state index in [4.69, 9.17) is 5.73 Å². The summed E-state index contributed by atoms with van der Waals surface area (Å²) in [5.41, 5.74) is 6.01. The molecule has 0 aromatic carbocycles. The first kappa shape index (κ1) is 15.3. The van der Waals surface area contributed by atoms with Crippen molar-refractivity contribution in [3.05, 3.63) is 0 Å². The summed E-state index contributed by atoms with van der Waals surface area (Å²) in [7, 11) is -2.98. The lowest BCUT2D eigenvalue weighted by Gasteiger charge is -2.34. The molecular weight excluding hydrogens is 256 g/mol. The maximum atomic E-state index is 11.7. The van der Waals surface area contributed by atoms with Crippen LogP contribution >= 0.6 is 11.8 Å². The maximum Gasteiger partial charge on any atom is 0.164 e. The summed E-state index contributed by atoms with van der Waals surface area (Å²) in [6, 6.07) is 0.157. The van der Waals surface area contributed by atoms with Crippen LogP contribution in [0.1, 0.15) is 20.3 Å². The second kappa shape index (κ2) is 6.41. The summed E-state index contributed by atoms with van der Waals surface area (Å²) in [5, 5.41) is -0.319. The van der Waals surface area contributed by atoms with Gasteiger partial charge in [-0.1, -0.05) is 13.8 Å². The van der Waals surface area contributed by atoms with Crippen molar-refractivity contribution in [2.75, 3.05) is 30.9 Å². The van der Waals surface area contributed by atoms with Crippen molar-refractivity contribution < 1.29 is 8.42 Å². The molecule has 1 aliphatic rings. The van der Waals surface area contributed by atoms with Crippen LogP contribution in [0.4, 0.5) is 0 Å². The maximum absolute atomic E-state index is 11.7. The van der Waals surface area contributed by atoms with E-state index in [1.54, 1.807) is 11.8 Å². The Balaban J connectivity index is 2.55. The highest BCUT2D eigenvalue weighted by atomic mass is 32.2. The molecule has 0 spiro atoms. The Bertz CT molecular complexity index is 330. The lowest BCUT2D eigenvalue weighted by molar-refractivity contribution is 0.251. The third-order valence-electron chi connectivity index (χ3n) is 3.29. The Labute approximate surface area is 109 Å². The fraction of sp³-hybridized carbons (Fsp3) is 1.00. The summed E-state index contributed by atoms with van der Waals surface area (Å²) in [4.78, 5) is 2.08. The number of sulfone groups is 1. The van der Waals surface area contributed by atoms with Gasteiger partial charge in [-0.25, -0.2) is 8.42 Å². The molecule has 1 rings (SSSR count). The monoisotopic (exact) mass is 280 g/mol. The first-order valence-corrected chi connectivity index (χ1v) is 9.19. The molecular formula is C11H24N2O2S2. The molecule has 2 atom stereocenters. The van der Waals surface area contributed by atoms with Crippen molar-refractivity contribution in [3.8, 4) is 0 Å². The van der Waals surface area contributed by atoms with Gasteiger partial charge in [0.05, 0.1) is 0 Å². The highest BCUT2D eigenvalue weighted by Gasteiger charge is 2.30. The topological polar surface area (TPSA) is 63.4 Å². The summed E-state index contributed by atoms with van der Waals surface area (Å²) in [6.45, 7) is 5.85. The Morgan fingerprint density at radius 2 is 2.12 bits per heavy atom. The van der Waals surface area contributed by atoms with Crippen molar-refractivity contribution in [2.45, 2.75) is 31.7 Å². The second-order valence-electron chi connectivity index (χ2n) is 5.09. The molecule has 17 heavy (non-hydrogen) atoms. The third-order valence-corrected chi connectivity index (χ3v) is 5.98. The van der Waals surface area contributed by atoms with Crippen molar-refractivity contribution in [3.63, 3.8) is 0 Å². The van der Waals surface area contributed by atoms with E-state index in [0.717, 1.165) is 25.3 Å². The summed E-state index contributed by atoms with van der Waals surface area (Å²) in [5.74, 6) is 2.16. The van der Waals surface area contributed by atoms with Gasteiger partial charge in [-0.2, -0.15) is 11.8 Å². The number of rotatable bonds is 5. The molecule has 1 heterocycles. The van der Waals surface area contributed by atoms with E-state index in [1.165, 1.54) is 6.26 Å². The van der Waals surface area contributed by atoms with Gasteiger partial charge in [-0.3, -0.25) is 4.90 Å². The van der Waals surface area contributed by atoms with E-state index >= 15 is 0 Å². The van der Waals surface area contributed by atoms with E-state index in [9.17, 15) is 8.42 Å². The minimum Gasteiger partial charge on any atom is -0.327 e. The van der Waals surface area contributed by atoms with Gasteiger partial charge in [0.15, 0.2) is 9.84 Å². The van der Waals surface area contributed by atoms with Gasteiger partial charge in [0, 0.05) is 36.9 Å². The van der Waals surface area contributed by atoms with Gasteiger partial charge in [-0.05, 0) is 12.3 Å². The van der Waals surface area contributed by atoms with Gasteiger partial charge < -0.3 is 5.73 Å². The molecule has 1 saturated heterocycles. The zero-order valence-corrected chi connectivity index (χ0v) is 12.6. The number of thioether (sulfide) groups is 1. The molecule has 0 bridgehead atoms. The number of nitrogens with zero attached hydrogens (tertiary/aromatic N) is 1. The van der Waals surface area contributed by atoms with Crippen LogP contribution in [0.5, 0.6) is 0 Å². The predicted molar refractivity (Wildman–Crippen MR) is 75.0 cm³/mol. The molecule has 2 N–H and O–H groups in total. The van der Waals surface area contributed by atoms with Gasteiger partial charge >= 0.3 is 0 Å². The van der Waals surface area contributed by atoms with Crippen LogP contribution in [-0.4, -0.2) is 55.6 Å². The molecule has 0 amide bonds. The Hall–Kier alpha value is 0.220. The zero-order chi connectivity index (χ0) is 13.1. The SMILES string of the molecule is CC(C)C(N)CCN1CCSCC1S(C)(=O)=O. The summed E-state index contributed by atoms with van der Waals surface area (Å²) in [6.07, 6.45) is 2.20. The van der Waals surface area contributed by atoms with Crippen molar-refractivity contribution in [1.82, 2.24) is 4.90 Å². The van der Waals surface area contributed by atoms with Crippen LogP contribution in [0.3, 0.4) is 0 Å². The van der Waals surface area contributed by atoms with Gasteiger partial charge in [0.25, 0.3) is 0 Å². The van der Waals surface area contributed by atoms with Crippen molar-refractivity contribution in [2.24, 2.45) is 11.7 Å². The lowest BCUT2D eigenvalue weighted by atomic mass is 10.0. The van der Waals surface area contributed by atoms with Crippen molar-refractivity contribution >= 4 is 21.6 Å². The molecule has 6 heteroatoms. The first-order chi connectivity index (χ1) is 7.82.